The van der Waals surface area contributed by atoms with Gasteiger partial charge in [0.15, 0.2) is 0 Å². The summed E-state index contributed by atoms with van der Waals surface area (Å²) in [6.07, 6.45) is 5.08. The molecule has 0 atom stereocenters. The minimum Gasteiger partial charge on any atom is -0.462 e. The highest BCUT2D eigenvalue weighted by Crippen LogP contribution is 2.25. The van der Waals surface area contributed by atoms with Crippen LogP contribution in [0.3, 0.4) is 0 Å². The van der Waals surface area contributed by atoms with Crippen molar-refractivity contribution in [2.75, 3.05) is 6.61 Å². The minimum absolute atomic E-state index is 0.00318. The van der Waals surface area contributed by atoms with Gasteiger partial charge in [-0.1, -0.05) is 30.3 Å². The Morgan fingerprint density at radius 2 is 2.13 bits per heavy atom. The molecule has 2 heterocycles. The van der Waals surface area contributed by atoms with Crippen LogP contribution in [0.25, 0.3) is 11.6 Å². The molecule has 1 aromatic heterocycles. The highest BCUT2D eigenvalue weighted by atomic mass is 16.5. The third-order valence-corrected chi connectivity index (χ3v) is 3.80. The van der Waals surface area contributed by atoms with Gasteiger partial charge >= 0.3 is 5.97 Å². The van der Waals surface area contributed by atoms with E-state index < -0.39 is 5.97 Å². The molecule has 23 heavy (non-hydrogen) atoms. The Balaban J connectivity index is 2.04. The van der Waals surface area contributed by atoms with Crippen molar-refractivity contribution in [3.8, 4) is 0 Å². The molecule has 3 rings (SSSR count). The SMILES string of the molecule is CCOC(=O)c1cnc2n(c1=O)CCC/C2=C\c1ccccc1. The van der Waals surface area contributed by atoms with Crippen molar-refractivity contribution in [2.24, 2.45) is 0 Å². The van der Waals surface area contributed by atoms with Gasteiger partial charge in [0, 0.05) is 12.7 Å². The minimum atomic E-state index is -0.612. The number of hydrogen-bond acceptors (Lipinski definition) is 4. The Hall–Kier alpha value is -2.69. The zero-order chi connectivity index (χ0) is 16.2. The number of allylic oxidation sites excluding steroid dienone is 1. The number of aromatic nitrogens is 2. The van der Waals surface area contributed by atoms with Gasteiger partial charge in [-0.2, -0.15) is 0 Å². The van der Waals surface area contributed by atoms with Crippen molar-refractivity contribution >= 4 is 17.6 Å². The lowest BCUT2D eigenvalue weighted by atomic mass is 10.0. The third kappa shape index (κ3) is 3.08. The molecule has 1 aliphatic rings. The molecular formula is C18H18N2O3. The van der Waals surface area contributed by atoms with Gasteiger partial charge in [-0.3, -0.25) is 9.36 Å². The largest absolute Gasteiger partial charge is 0.462 e. The molecule has 0 saturated carbocycles. The van der Waals surface area contributed by atoms with E-state index in [0.29, 0.717) is 12.4 Å². The van der Waals surface area contributed by atoms with E-state index in [1.165, 1.54) is 6.20 Å². The van der Waals surface area contributed by atoms with Gasteiger partial charge in [0.2, 0.25) is 0 Å². The molecule has 0 spiro atoms. The van der Waals surface area contributed by atoms with Crippen LogP contribution in [-0.4, -0.2) is 22.1 Å². The van der Waals surface area contributed by atoms with Gasteiger partial charge in [-0.25, -0.2) is 9.78 Å². The Bertz CT molecular complexity index is 807. The van der Waals surface area contributed by atoms with E-state index >= 15 is 0 Å². The number of ether oxygens (including phenoxy) is 1. The summed E-state index contributed by atoms with van der Waals surface area (Å²) in [5.41, 5.74) is 1.75. The third-order valence-electron chi connectivity index (χ3n) is 3.80. The zero-order valence-electron chi connectivity index (χ0n) is 13.0. The maximum Gasteiger partial charge on any atom is 0.345 e. The van der Waals surface area contributed by atoms with Gasteiger partial charge < -0.3 is 4.74 Å². The predicted molar refractivity (Wildman–Crippen MR) is 88.0 cm³/mol. The van der Waals surface area contributed by atoms with Crippen LogP contribution in [0.2, 0.25) is 0 Å². The van der Waals surface area contributed by atoms with Crippen LogP contribution in [0.1, 0.15) is 41.5 Å². The average Bonchev–Trinajstić information content (AvgIpc) is 2.57. The maximum absolute atomic E-state index is 12.5. The van der Waals surface area contributed by atoms with E-state index in [2.05, 4.69) is 4.98 Å². The number of esters is 1. The second-order valence-corrected chi connectivity index (χ2v) is 5.36. The first-order valence-corrected chi connectivity index (χ1v) is 7.73. The van der Waals surface area contributed by atoms with Crippen LogP contribution in [0, 0.1) is 0 Å². The summed E-state index contributed by atoms with van der Waals surface area (Å²) < 4.78 is 6.49. The van der Waals surface area contributed by atoms with Crippen molar-refractivity contribution in [1.82, 2.24) is 9.55 Å². The lowest BCUT2D eigenvalue weighted by molar-refractivity contribution is 0.0522. The van der Waals surface area contributed by atoms with Crippen molar-refractivity contribution in [1.29, 1.82) is 0 Å². The number of fused-ring (bicyclic) bond motifs is 1. The van der Waals surface area contributed by atoms with Crippen molar-refractivity contribution < 1.29 is 9.53 Å². The predicted octanol–water partition coefficient (Wildman–Crippen LogP) is 2.75. The topological polar surface area (TPSA) is 61.2 Å². The summed E-state index contributed by atoms with van der Waals surface area (Å²) in [7, 11) is 0. The first kappa shape index (κ1) is 15.2. The lowest BCUT2D eigenvalue weighted by Crippen LogP contribution is -2.32. The molecule has 1 aromatic carbocycles. The fourth-order valence-corrected chi connectivity index (χ4v) is 2.73. The first-order chi connectivity index (χ1) is 11.2. The van der Waals surface area contributed by atoms with E-state index in [0.717, 1.165) is 24.0 Å². The highest BCUT2D eigenvalue weighted by Gasteiger charge is 2.21. The highest BCUT2D eigenvalue weighted by molar-refractivity contribution is 5.89. The monoisotopic (exact) mass is 310 g/mol. The molecule has 0 bridgehead atoms. The van der Waals surface area contributed by atoms with E-state index in [4.69, 9.17) is 4.74 Å². The maximum atomic E-state index is 12.5. The number of nitrogens with zero attached hydrogens (tertiary/aromatic N) is 2. The van der Waals surface area contributed by atoms with Gasteiger partial charge in [0.1, 0.15) is 11.4 Å². The summed E-state index contributed by atoms with van der Waals surface area (Å²) in [6, 6.07) is 9.93. The van der Waals surface area contributed by atoms with Gasteiger partial charge in [0.05, 0.1) is 6.61 Å². The zero-order valence-corrected chi connectivity index (χ0v) is 13.0. The standard InChI is InChI=1S/C18H18N2O3/c1-2-23-18(22)15-12-19-16-14(9-6-10-20(16)17(15)21)11-13-7-4-3-5-8-13/h3-5,7-8,11-12H,2,6,9-10H2,1H3/b14-11+. The van der Waals surface area contributed by atoms with E-state index in [1.54, 1.807) is 11.5 Å². The number of carbonyl (C=O) groups is 1. The number of benzene rings is 1. The molecule has 0 N–H and O–H groups in total. The quantitative estimate of drug-likeness (QED) is 0.818. The molecule has 0 radical (unpaired) electrons. The van der Waals surface area contributed by atoms with E-state index in [1.807, 2.05) is 36.4 Å². The molecule has 1 aliphatic heterocycles. The normalized spacial score (nSPS) is 15.3. The molecule has 5 nitrogen and oxygen atoms in total. The number of hydrogen-bond donors (Lipinski definition) is 0. The fraction of sp³-hybridized carbons (Fsp3) is 0.278. The molecule has 0 saturated heterocycles. The Morgan fingerprint density at radius 1 is 1.35 bits per heavy atom. The van der Waals surface area contributed by atoms with Crippen molar-refractivity contribution in [3.05, 3.63) is 63.8 Å². The fourth-order valence-electron chi connectivity index (χ4n) is 2.73. The molecule has 118 valence electrons. The molecular weight excluding hydrogens is 292 g/mol. The molecule has 0 amide bonds. The van der Waals surface area contributed by atoms with Crippen LogP contribution >= 0.6 is 0 Å². The summed E-state index contributed by atoms with van der Waals surface area (Å²) in [5.74, 6) is 0.0256. The van der Waals surface area contributed by atoms with Crippen LogP contribution in [0.15, 0.2) is 41.3 Å². The van der Waals surface area contributed by atoms with Crippen LogP contribution in [-0.2, 0) is 11.3 Å². The number of rotatable bonds is 3. The van der Waals surface area contributed by atoms with Gasteiger partial charge in [-0.15, -0.1) is 0 Å². The Morgan fingerprint density at radius 3 is 2.87 bits per heavy atom. The Labute approximate surface area is 134 Å². The molecule has 0 fully saturated rings. The van der Waals surface area contributed by atoms with Crippen molar-refractivity contribution in [2.45, 2.75) is 26.3 Å². The summed E-state index contributed by atoms with van der Waals surface area (Å²) in [4.78, 5) is 28.7. The second-order valence-electron chi connectivity index (χ2n) is 5.36. The van der Waals surface area contributed by atoms with Crippen LogP contribution < -0.4 is 5.56 Å². The molecule has 0 aliphatic carbocycles. The van der Waals surface area contributed by atoms with E-state index in [-0.39, 0.29) is 17.7 Å². The van der Waals surface area contributed by atoms with Gasteiger partial charge in [-0.05, 0) is 37.0 Å². The lowest BCUT2D eigenvalue weighted by Gasteiger charge is -2.20. The molecule has 0 unspecified atom stereocenters. The van der Waals surface area contributed by atoms with Crippen LogP contribution in [0.4, 0.5) is 0 Å². The van der Waals surface area contributed by atoms with E-state index in [9.17, 15) is 9.59 Å². The van der Waals surface area contributed by atoms with Gasteiger partial charge in [0.25, 0.3) is 5.56 Å². The summed E-state index contributed by atoms with van der Waals surface area (Å²) in [6.45, 7) is 2.52. The first-order valence-electron chi connectivity index (χ1n) is 7.73. The smallest absolute Gasteiger partial charge is 0.345 e. The Kier molecular flexibility index (Phi) is 4.37. The average molecular weight is 310 g/mol. The van der Waals surface area contributed by atoms with Crippen molar-refractivity contribution in [3.63, 3.8) is 0 Å². The number of carbonyl (C=O) groups excluding carboxylic acids is 1. The van der Waals surface area contributed by atoms with Crippen LogP contribution in [0.5, 0.6) is 0 Å². The summed E-state index contributed by atoms with van der Waals surface area (Å²) in [5, 5.41) is 0. The summed E-state index contributed by atoms with van der Waals surface area (Å²) >= 11 is 0. The second kappa shape index (κ2) is 6.60. The molecule has 5 heteroatoms. The molecule has 2 aromatic rings.